The summed E-state index contributed by atoms with van der Waals surface area (Å²) in [5, 5.41) is 0. The zero-order chi connectivity index (χ0) is 9.68. The van der Waals surface area contributed by atoms with Gasteiger partial charge in [0.1, 0.15) is 0 Å². The van der Waals surface area contributed by atoms with Gasteiger partial charge in [0.25, 0.3) is 0 Å². The topological polar surface area (TPSA) is 38.3 Å². The molecule has 0 fully saturated rings. The van der Waals surface area contributed by atoms with Crippen molar-refractivity contribution in [3.05, 3.63) is 23.9 Å². The van der Waals surface area contributed by atoms with Gasteiger partial charge in [-0.2, -0.15) is 0 Å². The zero-order valence-electron chi connectivity index (χ0n) is 7.93. The third-order valence-electron chi connectivity index (χ3n) is 1.91. The smallest absolute Gasteiger partial charge is 0.339 e. The first kappa shape index (κ1) is 9.84. The summed E-state index contributed by atoms with van der Waals surface area (Å²) in [7, 11) is 0. The van der Waals surface area contributed by atoms with Crippen LogP contribution in [0, 0.1) is 0 Å². The summed E-state index contributed by atoms with van der Waals surface area (Å²) in [6.07, 6.45) is 6.47. The van der Waals surface area contributed by atoms with Crippen LogP contribution in [0.4, 0.5) is 0 Å². The van der Waals surface area contributed by atoms with Crippen LogP contribution in [0.2, 0.25) is 0 Å². The Morgan fingerprint density at radius 2 is 2.38 bits per heavy atom. The minimum absolute atomic E-state index is 0.397. The third-order valence-corrected chi connectivity index (χ3v) is 1.91. The molecule has 1 rings (SSSR count). The first-order valence-electron chi connectivity index (χ1n) is 4.52. The van der Waals surface area contributed by atoms with Gasteiger partial charge in [0.05, 0.1) is 0 Å². The van der Waals surface area contributed by atoms with Gasteiger partial charge in [0.15, 0.2) is 0 Å². The molecule has 0 atom stereocenters. The molecule has 3 nitrogen and oxygen atoms in total. The Morgan fingerprint density at radius 1 is 1.62 bits per heavy atom. The summed E-state index contributed by atoms with van der Waals surface area (Å²) >= 11 is 0. The maximum atomic E-state index is 11.0. The van der Waals surface area contributed by atoms with Gasteiger partial charge in [0, 0.05) is 11.3 Å². The zero-order valence-corrected chi connectivity index (χ0v) is 7.93. The van der Waals surface area contributed by atoms with E-state index in [9.17, 15) is 4.79 Å². The minimum atomic E-state index is -0.397. The van der Waals surface area contributed by atoms with Crippen molar-refractivity contribution in [3.63, 3.8) is 0 Å². The molecule has 0 aliphatic heterocycles. The van der Waals surface area contributed by atoms with E-state index in [-0.39, 0.29) is 0 Å². The molecule has 0 unspecified atom stereocenters. The second kappa shape index (κ2) is 4.70. The summed E-state index contributed by atoms with van der Waals surface area (Å²) in [5.41, 5.74) is 4.06. The van der Waals surface area contributed by atoms with Gasteiger partial charge in [0.2, 0.25) is 0 Å². The van der Waals surface area contributed by atoms with Crippen molar-refractivity contribution >= 4 is 5.97 Å². The molecule has 0 aromatic rings. The van der Waals surface area contributed by atoms with Crippen molar-refractivity contribution in [3.8, 4) is 0 Å². The maximum Gasteiger partial charge on any atom is 0.357 e. The predicted molar refractivity (Wildman–Crippen MR) is 50.6 cm³/mol. The Bertz CT molecular complexity index is 243. The van der Waals surface area contributed by atoms with Crippen LogP contribution in [-0.2, 0) is 9.63 Å². The molecule has 0 bridgehead atoms. The van der Waals surface area contributed by atoms with E-state index in [1.165, 1.54) is 6.42 Å². The number of hydrogen-bond donors (Lipinski definition) is 1. The molecule has 0 spiro atoms. The molecular formula is C10H15NO2. The number of hydroxylamine groups is 1. The molecule has 1 aliphatic rings. The summed E-state index contributed by atoms with van der Waals surface area (Å²) in [5.74, 6) is -0.397. The van der Waals surface area contributed by atoms with Crippen LogP contribution in [0.3, 0.4) is 0 Å². The van der Waals surface area contributed by atoms with E-state index >= 15 is 0 Å². The third kappa shape index (κ3) is 3.32. The monoisotopic (exact) mass is 181 g/mol. The molecule has 0 saturated heterocycles. The molecule has 0 aromatic heterocycles. The Balaban J connectivity index is 2.29. The first-order valence-corrected chi connectivity index (χ1v) is 4.52. The van der Waals surface area contributed by atoms with Gasteiger partial charge in [-0.05, 0) is 32.6 Å². The minimum Gasteiger partial charge on any atom is -0.339 e. The molecule has 1 aliphatic carbocycles. The Hall–Kier alpha value is -1.25. The molecule has 0 saturated carbocycles. The van der Waals surface area contributed by atoms with Crippen molar-refractivity contribution in [2.75, 3.05) is 0 Å². The summed E-state index contributed by atoms with van der Waals surface area (Å²) in [6.45, 7) is 5.11. The lowest BCUT2D eigenvalue weighted by molar-refractivity contribution is -0.144. The van der Waals surface area contributed by atoms with Gasteiger partial charge in [-0.25, -0.2) is 10.3 Å². The predicted octanol–water partition coefficient (Wildman–Crippen LogP) is 2.07. The molecule has 3 heteroatoms. The van der Waals surface area contributed by atoms with Gasteiger partial charge in [-0.3, -0.25) is 0 Å². The highest BCUT2D eigenvalue weighted by Crippen LogP contribution is 2.14. The Kier molecular flexibility index (Phi) is 3.55. The van der Waals surface area contributed by atoms with Gasteiger partial charge in [-0.1, -0.05) is 12.7 Å². The van der Waals surface area contributed by atoms with Crippen LogP contribution in [0.5, 0.6) is 0 Å². The largest absolute Gasteiger partial charge is 0.357 e. The first-order chi connectivity index (χ1) is 6.20. The van der Waals surface area contributed by atoms with E-state index in [1.54, 1.807) is 6.92 Å². The second-order valence-corrected chi connectivity index (χ2v) is 3.25. The number of carbonyl (C=O) groups is 1. The van der Waals surface area contributed by atoms with Crippen molar-refractivity contribution in [2.45, 2.75) is 32.6 Å². The standard InChI is InChI=1S/C10H15NO2/c1-8(2)10(12)13-11-9-6-4-3-5-7-9/h6,11H,1,3-5,7H2,2H3. The SMILES string of the molecule is C=C(C)C(=O)ONC1=CCCCC1. The number of hydrogen-bond acceptors (Lipinski definition) is 3. The van der Waals surface area contributed by atoms with Crippen molar-refractivity contribution < 1.29 is 9.63 Å². The average Bonchev–Trinajstić information content (AvgIpc) is 2.15. The number of allylic oxidation sites excluding steroid dienone is 2. The van der Waals surface area contributed by atoms with Crippen LogP contribution in [0.1, 0.15) is 32.6 Å². The van der Waals surface area contributed by atoms with Crippen LogP contribution in [-0.4, -0.2) is 5.97 Å². The van der Waals surface area contributed by atoms with Gasteiger partial charge in [-0.15, -0.1) is 0 Å². The molecule has 0 amide bonds. The van der Waals surface area contributed by atoms with Crippen LogP contribution < -0.4 is 5.48 Å². The quantitative estimate of drug-likeness (QED) is 0.535. The lowest BCUT2D eigenvalue weighted by Crippen LogP contribution is -2.20. The fraction of sp³-hybridized carbons (Fsp3) is 0.500. The summed E-state index contributed by atoms with van der Waals surface area (Å²) < 4.78 is 0. The molecule has 1 N–H and O–H groups in total. The van der Waals surface area contributed by atoms with E-state index in [1.807, 2.05) is 0 Å². The highest BCUT2D eigenvalue weighted by Gasteiger charge is 2.06. The van der Waals surface area contributed by atoms with E-state index < -0.39 is 5.97 Å². The van der Waals surface area contributed by atoms with Gasteiger partial charge >= 0.3 is 5.97 Å². The highest BCUT2D eigenvalue weighted by atomic mass is 16.7. The summed E-state index contributed by atoms with van der Waals surface area (Å²) in [6, 6.07) is 0. The molecule has 0 heterocycles. The van der Waals surface area contributed by atoms with Crippen molar-refractivity contribution in [1.29, 1.82) is 0 Å². The van der Waals surface area contributed by atoms with E-state index in [0.717, 1.165) is 25.0 Å². The Labute approximate surface area is 78.4 Å². The lowest BCUT2D eigenvalue weighted by atomic mass is 10.1. The average molecular weight is 181 g/mol. The van der Waals surface area contributed by atoms with E-state index in [0.29, 0.717) is 5.57 Å². The molecular weight excluding hydrogens is 166 g/mol. The van der Waals surface area contributed by atoms with Crippen LogP contribution in [0.25, 0.3) is 0 Å². The fourth-order valence-corrected chi connectivity index (χ4v) is 1.13. The van der Waals surface area contributed by atoms with E-state index in [2.05, 4.69) is 18.1 Å². The molecule has 13 heavy (non-hydrogen) atoms. The number of nitrogens with one attached hydrogen (secondary N) is 1. The fourth-order valence-electron chi connectivity index (χ4n) is 1.13. The Morgan fingerprint density at radius 3 is 2.92 bits per heavy atom. The normalized spacial score (nSPS) is 15.9. The number of carbonyl (C=O) groups excluding carboxylic acids is 1. The number of rotatable bonds is 3. The second-order valence-electron chi connectivity index (χ2n) is 3.25. The van der Waals surface area contributed by atoms with E-state index in [4.69, 9.17) is 4.84 Å². The van der Waals surface area contributed by atoms with Crippen LogP contribution in [0.15, 0.2) is 23.9 Å². The molecule has 0 radical (unpaired) electrons. The molecule has 0 aromatic carbocycles. The highest BCUT2D eigenvalue weighted by molar-refractivity contribution is 5.86. The summed E-state index contributed by atoms with van der Waals surface area (Å²) in [4.78, 5) is 15.8. The molecule has 72 valence electrons. The maximum absolute atomic E-state index is 11.0. The van der Waals surface area contributed by atoms with Crippen LogP contribution >= 0.6 is 0 Å². The van der Waals surface area contributed by atoms with Gasteiger partial charge < -0.3 is 4.84 Å². The van der Waals surface area contributed by atoms with Crippen molar-refractivity contribution in [1.82, 2.24) is 5.48 Å². The lowest BCUT2D eigenvalue weighted by Gasteiger charge is -2.13. The van der Waals surface area contributed by atoms with Crippen molar-refractivity contribution in [2.24, 2.45) is 0 Å².